The van der Waals surface area contributed by atoms with E-state index in [9.17, 15) is 14.4 Å². The molecule has 9 heteroatoms. The van der Waals surface area contributed by atoms with Gasteiger partial charge < -0.3 is 23.7 Å². The smallest absolute Gasteiger partial charge is 0.311 e. The van der Waals surface area contributed by atoms with Gasteiger partial charge in [0, 0.05) is 0 Å². The molecule has 0 spiro atoms. The van der Waals surface area contributed by atoms with Crippen molar-refractivity contribution in [3.05, 3.63) is 47.5 Å². The van der Waals surface area contributed by atoms with Crippen molar-refractivity contribution in [1.29, 1.82) is 0 Å². The standard InChI is InChI=1S/C24H29O8P/c1-24(2,3)32-19(25)14-33(22(26)20-15(28-4)10-8-11-16(20)29-5)23(27)21-17(30-6)12-9-13-18(21)31-7/h8-13H,14H2,1-7H3. The number of benzene rings is 2. The molecule has 0 unspecified atom stereocenters. The van der Waals surface area contributed by atoms with Crippen LogP contribution in [0.25, 0.3) is 0 Å². The van der Waals surface area contributed by atoms with Crippen LogP contribution in [0.2, 0.25) is 0 Å². The van der Waals surface area contributed by atoms with E-state index in [1.807, 2.05) is 0 Å². The van der Waals surface area contributed by atoms with E-state index in [1.165, 1.54) is 28.4 Å². The van der Waals surface area contributed by atoms with Gasteiger partial charge in [-0.3, -0.25) is 14.4 Å². The maximum atomic E-state index is 13.8. The summed E-state index contributed by atoms with van der Waals surface area (Å²) in [5.74, 6) is 0.261. The highest BCUT2D eigenvalue weighted by Gasteiger charge is 2.37. The van der Waals surface area contributed by atoms with Crippen LogP contribution >= 0.6 is 7.92 Å². The molecule has 0 aliphatic rings. The van der Waals surface area contributed by atoms with Gasteiger partial charge in [-0.25, -0.2) is 0 Å². The molecule has 0 aromatic heterocycles. The molecule has 2 aromatic carbocycles. The quantitative estimate of drug-likeness (QED) is 0.365. The normalized spacial score (nSPS) is 11.0. The average Bonchev–Trinajstić information content (AvgIpc) is 2.79. The van der Waals surface area contributed by atoms with Crippen LogP contribution in [0.3, 0.4) is 0 Å². The van der Waals surface area contributed by atoms with Crippen LogP contribution in [0, 0.1) is 0 Å². The second-order valence-corrected chi connectivity index (χ2v) is 9.84. The molecule has 0 saturated heterocycles. The highest BCUT2D eigenvalue weighted by Crippen LogP contribution is 2.50. The van der Waals surface area contributed by atoms with Gasteiger partial charge in [-0.15, -0.1) is 0 Å². The predicted octanol–water partition coefficient (Wildman–Crippen LogP) is 4.53. The van der Waals surface area contributed by atoms with E-state index in [1.54, 1.807) is 57.2 Å². The third-order valence-corrected chi connectivity index (χ3v) is 6.48. The lowest BCUT2D eigenvalue weighted by atomic mass is 10.2. The van der Waals surface area contributed by atoms with Crippen molar-refractivity contribution in [3.8, 4) is 23.0 Å². The average molecular weight is 476 g/mol. The summed E-state index contributed by atoms with van der Waals surface area (Å²) in [6, 6.07) is 9.68. The molecule has 0 aliphatic heterocycles. The van der Waals surface area contributed by atoms with Crippen LogP contribution in [-0.2, 0) is 9.53 Å². The third kappa shape index (κ3) is 6.23. The Labute approximate surface area is 194 Å². The Morgan fingerprint density at radius 2 is 1.03 bits per heavy atom. The number of carbonyl (C=O) groups is 3. The first kappa shape index (κ1) is 26.1. The van der Waals surface area contributed by atoms with Gasteiger partial charge in [0.05, 0.1) is 42.5 Å². The lowest BCUT2D eigenvalue weighted by Crippen LogP contribution is -2.27. The fraction of sp³-hybridized carbons (Fsp3) is 0.375. The number of hydrogen-bond donors (Lipinski definition) is 0. The Bertz CT molecular complexity index is 914. The van der Waals surface area contributed by atoms with Gasteiger partial charge in [0.15, 0.2) is 11.0 Å². The van der Waals surface area contributed by atoms with Crippen LogP contribution in [0.1, 0.15) is 41.5 Å². The molecule has 2 aromatic rings. The van der Waals surface area contributed by atoms with Crippen LogP contribution in [-0.4, -0.2) is 57.2 Å². The minimum absolute atomic E-state index is 0.0828. The number of esters is 1. The highest BCUT2D eigenvalue weighted by atomic mass is 31.1. The molecule has 0 bridgehead atoms. The molecule has 0 N–H and O–H groups in total. The summed E-state index contributed by atoms with van der Waals surface area (Å²) in [4.78, 5) is 40.3. The number of hydrogen-bond acceptors (Lipinski definition) is 8. The largest absolute Gasteiger partial charge is 0.496 e. The fourth-order valence-corrected chi connectivity index (χ4v) is 4.91. The molecule has 33 heavy (non-hydrogen) atoms. The molecule has 2 rings (SSSR count). The molecule has 178 valence electrons. The highest BCUT2D eigenvalue weighted by molar-refractivity contribution is 7.91. The van der Waals surface area contributed by atoms with E-state index in [-0.39, 0.29) is 34.1 Å². The first-order valence-electron chi connectivity index (χ1n) is 10.1. The van der Waals surface area contributed by atoms with Crippen molar-refractivity contribution in [1.82, 2.24) is 0 Å². The minimum atomic E-state index is -2.29. The van der Waals surface area contributed by atoms with E-state index in [4.69, 9.17) is 23.7 Å². The minimum Gasteiger partial charge on any atom is -0.496 e. The van der Waals surface area contributed by atoms with E-state index in [0.717, 1.165) is 0 Å². The van der Waals surface area contributed by atoms with Crippen molar-refractivity contribution in [3.63, 3.8) is 0 Å². The Hall–Kier alpha value is -3.12. The fourth-order valence-electron chi connectivity index (χ4n) is 3.13. The molecule has 0 radical (unpaired) electrons. The van der Waals surface area contributed by atoms with Crippen molar-refractivity contribution < 1.29 is 38.1 Å². The SMILES string of the molecule is COc1cccc(OC)c1C(=O)P(CC(=O)OC(C)(C)C)C(=O)c1c(OC)cccc1OC. The van der Waals surface area contributed by atoms with Gasteiger partial charge in [-0.1, -0.05) is 12.1 Å². The zero-order valence-corrected chi connectivity index (χ0v) is 20.8. The second kappa shape index (κ2) is 11.1. The van der Waals surface area contributed by atoms with Crippen LogP contribution in [0.4, 0.5) is 0 Å². The van der Waals surface area contributed by atoms with Crippen LogP contribution in [0.15, 0.2) is 36.4 Å². The Kier molecular flexibility index (Phi) is 8.83. The maximum Gasteiger partial charge on any atom is 0.311 e. The Balaban J connectivity index is 2.65. The Morgan fingerprint density at radius 1 is 0.697 bits per heavy atom. The van der Waals surface area contributed by atoms with Crippen LogP contribution < -0.4 is 18.9 Å². The van der Waals surface area contributed by atoms with E-state index >= 15 is 0 Å². The zero-order chi connectivity index (χ0) is 24.8. The molecule has 0 atom stereocenters. The lowest BCUT2D eigenvalue weighted by Gasteiger charge is -2.23. The van der Waals surface area contributed by atoms with Gasteiger partial charge in [0.25, 0.3) is 0 Å². The monoisotopic (exact) mass is 476 g/mol. The predicted molar refractivity (Wildman–Crippen MR) is 125 cm³/mol. The molecular formula is C24H29O8P. The third-order valence-electron chi connectivity index (χ3n) is 4.48. The lowest BCUT2D eigenvalue weighted by molar-refractivity contribution is -0.151. The first-order valence-corrected chi connectivity index (χ1v) is 11.6. The molecule has 0 saturated carbocycles. The van der Waals surface area contributed by atoms with Crippen molar-refractivity contribution in [2.75, 3.05) is 34.6 Å². The molecular weight excluding hydrogens is 447 g/mol. The van der Waals surface area contributed by atoms with Crippen LogP contribution in [0.5, 0.6) is 23.0 Å². The molecule has 0 heterocycles. The van der Waals surface area contributed by atoms with E-state index in [0.29, 0.717) is 0 Å². The number of ether oxygens (including phenoxy) is 5. The number of methoxy groups -OCH3 is 4. The first-order chi connectivity index (χ1) is 15.6. The van der Waals surface area contributed by atoms with E-state index < -0.39 is 36.7 Å². The van der Waals surface area contributed by atoms with Crippen molar-refractivity contribution >= 4 is 24.9 Å². The maximum absolute atomic E-state index is 13.8. The number of carbonyl (C=O) groups excluding carboxylic acids is 3. The topological polar surface area (TPSA) is 97.4 Å². The Morgan fingerprint density at radius 3 is 1.30 bits per heavy atom. The summed E-state index contributed by atoms with van der Waals surface area (Å²) in [5.41, 5.74) is -1.78. The van der Waals surface area contributed by atoms with Gasteiger partial charge in [-0.05, 0) is 45.0 Å². The number of rotatable bonds is 10. The zero-order valence-electron chi connectivity index (χ0n) is 19.9. The van der Waals surface area contributed by atoms with Gasteiger partial charge in [0.2, 0.25) is 0 Å². The van der Waals surface area contributed by atoms with E-state index in [2.05, 4.69) is 0 Å². The second-order valence-electron chi connectivity index (χ2n) is 7.86. The summed E-state index contributed by atoms with van der Waals surface area (Å²) in [6.07, 6.45) is -0.424. The molecule has 0 aliphatic carbocycles. The summed E-state index contributed by atoms with van der Waals surface area (Å²) in [5, 5.41) is 0. The molecule has 0 fully saturated rings. The summed E-state index contributed by atoms with van der Waals surface area (Å²) in [7, 11) is 3.35. The summed E-state index contributed by atoms with van der Waals surface area (Å²) >= 11 is 0. The summed E-state index contributed by atoms with van der Waals surface area (Å²) < 4.78 is 26.8. The molecule has 0 amide bonds. The summed E-state index contributed by atoms with van der Waals surface area (Å²) in [6.45, 7) is 5.13. The van der Waals surface area contributed by atoms with Crippen molar-refractivity contribution in [2.24, 2.45) is 0 Å². The van der Waals surface area contributed by atoms with Crippen molar-refractivity contribution in [2.45, 2.75) is 26.4 Å². The van der Waals surface area contributed by atoms with Gasteiger partial charge in [0.1, 0.15) is 39.7 Å². The van der Waals surface area contributed by atoms with Gasteiger partial charge in [-0.2, -0.15) is 0 Å². The van der Waals surface area contributed by atoms with Gasteiger partial charge >= 0.3 is 5.97 Å². The molecule has 8 nitrogen and oxygen atoms in total.